The van der Waals surface area contributed by atoms with E-state index in [4.69, 9.17) is 0 Å². The third kappa shape index (κ3) is 3.75. The minimum atomic E-state index is -0.848. The Morgan fingerprint density at radius 2 is 2.29 bits per heavy atom. The first-order valence-corrected chi connectivity index (χ1v) is 6.60. The molecule has 1 aromatic rings. The van der Waals surface area contributed by atoms with Crippen LogP contribution in [-0.4, -0.2) is 22.8 Å². The van der Waals surface area contributed by atoms with Crippen molar-refractivity contribution in [3.05, 3.63) is 28.5 Å². The Kier molecular flexibility index (Phi) is 4.54. The molecule has 1 rings (SSSR count). The quantitative estimate of drug-likeness (QED) is 0.917. The summed E-state index contributed by atoms with van der Waals surface area (Å²) in [4.78, 5) is 0. The molecule has 0 saturated carbocycles. The Morgan fingerprint density at radius 3 is 2.93 bits per heavy atom. The van der Waals surface area contributed by atoms with Gasteiger partial charge >= 0.3 is 0 Å². The van der Waals surface area contributed by atoms with Crippen molar-refractivity contribution in [1.29, 1.82) is 0 Å². The van der Waals surface area contributed by atoms with Crippen LogP contribution in [0.3, 0.4) is 0 Å². The molecule has 0 bridgehead atoms. The van der Waals surface area contributed by atoms with Crippen molar-refractivity contribution in [2.45, 2.75) is 0 Å². The fraction of sp³-hybridized carbons (Fsp3) is 0.333. The number of benzene rings is 1. The predicted octanol–water partition coefficient (Wildman–Crippen LogP) is 2.38. The monoisotopic (exact) mass is 279 g/mol. The largest absolute Gasteiger partial charge is 0.382 e. The van der Waals surface area contributed by atoms with Crippen LogP contribution in [0.4, 0.5) is 10.1 Å². The van der Waals surface area contributed by atoms with Gasteiger partial charge in [0.15, 0.2) is 0 Å². The molecule has 0 saturated heterocycles. The Balaban J connectivity index is 2.57. The van der Waals surface area contributed by atoms with Crippen LogP contribution in [0.2, 0.25) is 0 Å². The van der Waals surface area contributed by atoms with Gasteiger partial charge in [-0.3, -0.25) is 4.21 Å². The average Bonchev–Trinajstić information content (AvgIpc) is 2.10. The van der Waals surface area contributed by atoms with Crippen LogP contribution in [0.15, 0.2) is 22.7 Å². The van der Waals surface area contributed by atoms with E-state index in [0.29, 0.717) is 18.0 Å². The summed E-state index contributed by atoms with van der Waals surface area (Å²) in [7, 11) is -0.848. The number of anilines is 1. The van der Waals surface area contributed by atoms with Gasteiger partial charge in [0, 0.05) is 33.8 Å². The van der Waals surface area contributed by atoms with Crippen molar-refractivity contribution in [1.82, 2.24) is 0 Å². The predicted molar refractivity (Wildman–Crippen MR) is 61.5 cm³/mol. The number of rotatable bonds is 4. The van der Waals surface area contributed by atoms with E-state index in [1.807, 2.05) is 0 Å². The minimum Gasteiger partial charge on any atom is -0.382 e. The zero-order valence-electron chi connectivity index (χ0n) is 7.72. The van der Waals surface area contributed by atoms with Gasteiger partial charge in [0.2, 0.25) is 0 Å². The van der Waals surface area contributed by atoms with Gasteiger partial charge in [-0.15, -0.1) is 0 Å². The van der Waals surface area contributed by atoms with Gasteiger partial charge in [-0.05, 0) is 18.2 Å². The molecule has 0 fully saturated rings. The highest BCUT2D eigenvalue weighted by molar-refractivity contribution is 9.10. The molecule has 0 aliphatic carbocycles. The summed E-state index contributed by atoms with van der Waals surface area (Å²) >= 11 is 3.25. The van der Waals surface area contributed by atoms with E-state index in [0.717, 1.165) is 4.47 Å². The molecule has 78 valence electrons. The first-order chi connectivity index (χ1) is 6.59. The summed E-state index contributed by atoms with van der Waals surface area (Å²) in [6.45, 7) is 0.510. The Labute approximate surface area is 93.5 Å². The fourth-order valence-electron chi connectivity index (χ4n) is 0.962. The van der Waals surface area contributed by atoms with E-state index in [1.165, 1.54) is 6.07 Å². The Hall–Kier alpha value is -0.420. The van der Waals surface area contributed by atoms with Crippen molar-refractivity contribution in [3.63, 3.8) is 0 Å². The smallest absolute Gasteiger partial charge is 0.146 e. The Morgan fingerprint density at radius 1 is 1.57 bits per heavy atom. The summed E-state index contributed by atoms with van der Waals surface area (Å²) in [6, 6.07) is 4.68. The van der Waals surface area contributed by atoms with Crippen LogP contribution in [0.25, 0.3) is 0 Å². The highest BCUT2D eigenvalue weighted by atomic mass is 79.9. The maximum absolute atomic E-state index is 13.1. The first kappa shape index (κ1) is 11.7. The number of hydrogen-bond acceptors (Lipinski definition) is 2. The van der Waals surface area contributed by atoms with Crippen molar-refractivity contribution >= 4 is 32.4 Å². The van der Waals surface area contributed by atoms with Gasteiger partial charge in [0.25, 0.3) is 0 Å². The minimum absolute atomic E-state index is 0.296. The second kappa shape index (κ2) is 5.46. The lowest BCUT2D eigenvalue weighted by molar-refractivity contribution is 0.630. The highest BCUT2D eigenvalue weighted by Gasteiger charge is 2.01. The standard InChI is InChI=1S/C9H11BrFNOS/c1-14(13)5-4-12-9-6-7(10)2-3-8(9)11/h2-3,6,12H,4-5H2,1H3. The van der Waals surface area contributed by atoms with Gasteiger partial charge in [-0.2, -0.15) is 0 Å². The van der Waals surface area contributed by atoms with E-state index in [9.17, 15) is 8.60 Å². The zero-order valence-corrected chi connectivity index (χ0v) is 10.1. The molecule has 0 spiro atoms. The SMILES string of the molecule is CS(=O)CCNc1cc(Br)ccc1F. The lowest BCUT2D eigenvalue weighted by Gasteiger charge is -2.06. The average molecular weight is 280 g/mol. The molecule has 0 heterocycles. The third-order valence-corrected chi connectivity index (χ3v) is 2.91. The molecule has 1 unspecified atom stereocenters. The lowest BCUT2D eigenvalue weighted by Crippen LogP contribution is -2.10. The molecule has 0 amide bonds. The molecule has 0 aromatic heterocycles. The number of nitrogens with one attached hydrogen (secondary N) is 1. The van der Waals surface area contributed by atoms with Crippen molar-refractivity contribution < 1.29 is 8.60 Å². The molecule has 2 nitrogen and oxygen atoms in total. The molecule has 0 aliphatic rings. The molecular formula is C9H11BrFNOS. The lowest BCUT2D eigenvalue weighted by atomic mass is 10.3. The highest BCUT2D eigenvalue weighted by Crippen LogP contribution is 2.19. The topological polar surface area (TPSA) is 29.1 Å². The normalized spacial score (nSPS) is 12.5. The fourth-order valence-corrected chi connectivity index (χ4v) is 1.71. The van der Waals surface area contributed by atoms with Crippen LogP contribution < -0.4 is 5.32 Å². The van der Waals surface area contributed by atoms with Crippen molar-refractivity contribution in [2.24, 2.45) is 0 Å². The molecular weight excluding hydrogens is 269 g/mol. The maximum Gasteiger partial charge on any atom is 0.146 e. The summed E-state index contributed by atoms with van der Waals surface area (Å²) in [5, 5.41) is 2.89. The second-order valence-electron chi connectivity index (χ2n) is 2.83. The van der Waals surface area contributed by atoms with Crippen LogP contribution in [0.5, 0.6) is 0 Å². The molecule has 14 heavy (non-hydrogen) atoms. The van der Waals surface area contributed by atoms with Gasteiger partial charge in [-0.25, -0.2) is 4.39 Å². The van der Waals surface area contributed by atoms with Crippen LogP contribution in [-0.2, 0) is 10.8 Å². The molecule has 0 aliphatic heterocycles. The van der Waals surface area contributed by atoms with Gasteiger partial charge in [0.1, 0.15) is 5.82 Å². The first-order valence-electron chi connectivity index (χ1n) is 4.08. The van der Waals surface area contributed by atoms with Crippen LogP contribution in [0, 0.1) is 5.82 Å². The molecule has 1 atom stereocenters. The molecule has 0 radical (unpaired) electrons. The van der Waals surface area contributed by atoms with E-state index in [2.05, 4.69) is 21.2 Å². The van der Waals surface area contributed by atoms with E-state index in [-0.39, 0.29) is 5.82 Å². The van der Waals surface area contributed by atoms with E-state index < -0.39 is 10.8 Å². The third-order valence-electron chi connectivity index (χ3n) is 1.63. The summed E-state index contributed by atoms with van der Waals surface area (Å²) in [6.07, 6.45) is 1.62. The molecule has 5 heteroatoms. The number of halogens is 2. The molecule has 1 aromatic carbocycles. The van der Waals surface area contributed by atoms with E-state index >= 15 is 0 Å². The Bertz CT molecular complexity index is 346. The second-order valence-corrected chi connectivity index (χ2v) is 5.30. The van der Waals surface area contributed by atoms with Gasteiger partial charge in [-0.1, -0.05) is 15.9 Å². The van der Waals surface area contributed by atoms with Gasteiger partial charge < -0.3 is 5.32 Å². The van der Waals surface area contributed by atoms with Gasteiger partial charge in [0.05, 0.1) is 5.69 Å². The summed E-state index contributed by atoms with van der Waals surface area (Å²) in [5.74, 6) is 0.224. The van der Waals surface area contributed by atoms with Crippen molar-refractivity contribution in [2.75, 3.05) is 23.9 Å². The van der Waals surface area contributed by atoms with Crippen LogP contribution in [0.1, 0.15) is 0 Å². The number of hydrogen-bond donors (Lipinski definition) is 1. The van der Waals surface area contributed by atoms with E-state index in [1.54, 1.807) is 18.4 Å². The zero-order chi connectivity index (χ0) is 10.6. The summed E-state index contributed by atoms with van der Waals surface area (Å²) < 4.78 is 24.7. The molecule has 1 N–H and O–H groups in total. The van der Waals surface area contributed by atoms with Crippen molar-refractivity contribution in [3.8, 4) is 0 Å². The maximum atomic E-state index is 13.1. The van der Waals surface area contributed by atoms with Crippen LogP contribution >= 0.6 is 15.9 Å². The summed E-state index contributed by atoms with van der Waals surface area (Å²) in [5.41, 5.74) is 0.435.